The number of nitrogens with zero attached hydrogens (tertiary/aromatic N) is 3. The molecule has 0 N–H and O–H groups in total. The van der Waals surface area contributed by atoms with Crippen molar-refractivity contribution >= 4 is 17.2 Å². The van der Waals surface area contributed by atoms with Crippen molar-refractivity contribution in [3.8, 4) is 11.4 Å². The molecule has 0 aliphatic heterocycles. The molecule has 2 aromatic heterocycles. The van der Waals surface area contributed by atoms with Crippen LogP contribution in [0.15, 0.2) is 52.4 Å². The molecule has 0 fully saturated rings. The number of hydrogen-bond donors (Lipinski definition) is 0. The summed E-state index contributed by atoms with van der Waals surface area (Å²) in [5.74, 6) is 0.949. The molecule has 0 saturated carbocycles. The summed E-state index contributed by atoms with van der Waals surface area (Å²) in [5, 5.41) is 5.89. The third kappa shape index (κ3) is 3.48. The van der Waals surface area contributed by atoms with E-state index >= 15 is 0 Å². The second-order valence-electron chi connectivity index (χ2n) is 5.38. The molecule has 23 heavy (non-hydrogen) atoms. The minimum absolute atomic E-state index is 0.0190. The van der Waals surface area contributed by atoms with E-state index in [1.54, 1.807) is 4.90 Å². The monoisotopic (exact) mass is 327 g/mol. The molecule has 2 heterocycles. The minimum Gasteiger partial charge on any atom is -0.337 e. The first-order valence-corrected chi connectivity index (χ1v) is 8.25. The third-order valence-electron chi connectivity index (χ3n) is 3.42. The van der Waals surface area contributed by atoms with Gasteiger partial charge in [-0.15, -0.1) is 11.3 Å². The third-order valence-corrected chi connectivity index (χ3v) is 4.28. The summed E-state index contributed by atoms with van der Waals surface area (Å²) >= 11 is 1.43. The lowest BCUT2D eigenvalue weighted by Crippen LogP contribution is -2.36. The Hall–Kier alpha value is -2.47. The molecule has 0 aliphatic carbocycles. The molecule has 0 aliphatic rings. The van der Waals surface area contributed by atoms with Gasteiger partial charge in [-0.25, -0.2) is 0 Å². The molecular formula is C17H17N3O2S. The Morgan fingerprint density at radius 3 is 2.65 bits per heavy atom. The van der Waals surface area contributed by atoms with Crippen molar-refractivity contribution in [3.63, 3.8) is 0 Å². The van der Waals surface area contributed by atoms with Gasteiger partial charge >= 0.3 is 0 Å². The maximum atomic E-state index is 12.6. The molecule has 118 valence electrons. The van der Waals surface area contributed by atoms with Gasteiger partial charge in [-0.05, 0) is 25.3 Å². The predicted octanol–water partition coefficient (Wildman–Crippen LogP) is 3.85. The quantitative estimate of drug-likeness (QED) is 0.714. The average Bonchev–Trinajstić information content (AvgIpc) is 3.24. The highest BCUT2D eigenvalue weighted by Crippen LogP contribution is 2.19. The molecule has 3 rings (SSSR count). The van der Waals surface area contributed by atoms with Crippen LogP contribution < -0.4 is 0 Å². The molecule has 0 radical (unpaired) electrons. The zero-order valence-electron chi connectivity index (χ0n) is 13.0. The summed E-state index contributed by atoms with van der Waals surface area (Å²) in [5.41, 5.74) is 0.892. The molecule has 0 spiro atoms. The Balaban J connectivity index is 1.79. The van der Waals surface area contributed by atoms with Crippen LogP contribution in [-0.4, -0.2) is 27.0 Å². The molecule has 6 heteroatoms. The summed E-state index contributed by atoms with van der Waals surface area (Å²) in [6, 6.07) is 13.4. The molecule has 0 atom stereocenters. The van der Waals surface area contributed by atoms with E-state index in [1.807, 2.05) is 61.7 Å². The number of thiophene rings is 1. The zero-order chi connectivity index (χ0) is 16.2. The van der Waals surface area contributed by atoms with E-state index in [0.29, 0.717) is 23.1 Å². The highest BCUT2D eigenvalue weighted by atomic mass is 32.1. The summed E-state index contributed by atoms with van der Waals surface area (Å²) in [7, 11) is 0. The summed E-state index contributed by atoms with van der Waals surface area (Å²) < 4.78 is 5.32. The number of rotatable bonds is 5. The smallest absolute Gasteiger partial charge is 0.264 e. The Kier molecular flexibility index (Phi) is 4.52. The van der Waals surface area contributed by atoms with Crippen molar-refractivity contribution in [2.45, 2.75) is 26.4 Å². The van der Waals surface area contributed by atoms with E-state index in [9.17, 15) is 4.79 Å². The van der Waals surface area contributed by atoms with Gasteiger partial charge in [0, 0.05) is 11.6 Å². The first-order valence-electron chi connectivity index (χ1n) is 7.37. The molecule has 5 nitrogen and oxygen atoms in total. The molecular weight excluding hydrogens is 310 g/mol. The number of aromatic nitrogens is 2. The van der Waals surface area contributed by atoms with Crippen LogP contribution in [0.5, 0.6) is 0 Å². The standard InChI is InChI=1S/C17H17N3O2S/c1-12(2)20(17(21)14-9-6-10-23-14)11-15-18-16(19-22-15)13-7-4-3-5-8-13/h3-10,12H,11H2,1-2H3. The van der Waals surface area contributed by atoms with Crippen LogP contribution in [0.2, 0.25) is 0 Å². The van der Waals surface area contributed by atoms with Crippen molar-refractivity contribution in [1.29, 1.82) is 0 Å². The van der Waals surface area contributed by atoms with Gasteiger partial charge in [-0.1, -0.05) is 41.6 Å². The van der Waals surface area contributed by atoms with Crippen LogP contribution in [0.25, 0.3) is 11.4 Å². The van der Waals surface area contributed by atoms with Gasteiger partial charge in [-0.3, -0.25) is 4.79 Å². The van der Waals surface area contributed by atoms with E-state index < -0.39 is 0 Å². The second kappa shape index (κ2) is 6.75. The Bertz CT molecular complexity index is 766. The number of benzene rings is 1. The van der Waals surface area contributed by atoms with E-state index in [0.717, 1.165) is 5.56 Å². The van der Waals surface area contributed by atoms with E-state index in [-0.39, 0.29) is 11.9 Å². The summed E-state index contributed by atoms with van der Waals surface area (Å²) in [4.78, 5) is 19.4. The van der Waals surface area contributed by atoms with Crippen LogP contribution in [-0.2, 0) is 6.54 Å². The zero-order valence-corrected chi connectivity index (χ0v) is 13.8. The molecule has 0 bridgehead atoms. The molecule has 1 aromatic carbocycles. The Morgan fingerprint density at radius 1 is 1.22 bits per heavy atom. The van der Waals surface area contributed by atoms with Crippen LogP contribution in [0.3, 0.4) is 0 Å². The fraction of sp³-hybridized carbons (Fsp3) is 0.235. The van der Waals surface area contributed by atoms with Gasteiger partial charge in [0.05, 0.1) is 4.88 Å². The van der Waals surface area contributed by atoms with Crippen molar-refractivity contribution in [2.75, 3.05) is 0 Å². The van der Waals surface area contributed by atoms with E-state index in [4.69, 9.17) is 4.52 Å². The topological polar surface area (TPSA) is 59.2 Å². The van der Waals surface area contributed by atoms with Crippen molar-refractivity contribution in [3.05, 3.63) is 58.6 Å². The molecule has 3 aromatic rings. The fourth-order valence-corrected chi connectivity index (χ4v) is 2.88. The fourth-order valence-electron chi connectivity index (χ4n) is 2.20. The molecule has 1 amide bonds. The first-order chi connectivity index (χ1) is 11.1. The first kappa shape index (κ1) is 15.4. The van der Waals surface area contributed by atoms with Crippen molar-refractivity contribution < 1.29 is 9.32 Å². The maximum absolute atomic E-state index is 12.6. The Morgan fingerprint density at radius 2 is 2.00 bits per heavy atom. The molecule has 0 saturated heterocycles. The van der Waals surface area contributed by atoms with Gasteiger partial charge in [0.2, 0.25) is 11.7 Å². The van der Waals surface area contributed by atoms with E-state index in [1.165, 1.54) is 11.3 Å². The van der Waals surface area contributed by atoms with Gasteiger partial charge in [0.15, 0.2) is 0 Å². The second-order valence-corrected chi connectivity index (χ2v) is 6.33. The minimum atomic E-state index is -0.0190. The van der Waals surface area contributed by atoms with Crippen molar-refractivity contribution in [1.82, 2.24) is 15.0 Å². The lowest BCUT2D eigenvalue weighted by molar-refractivity contribution is 0.0672. The lowest BCUT2D eigenvalue weighted by atomic mass is 10.2. The van der Waals surface area contributed by atoms with Gasteiger partial charge in [-0.2, -0.15) is 4.98 Å². The average molecular weight is 327 g/mol. The summed E-state index contributed by atoms with van der Waals surface area (Å²) in [6.07, 6.45) is 0. The van der Waals surface area contributed by atoms with Gasteiger partial charge in [0.1, 0.15) is 6.54 Å². The lowest BCUT2D eigenvalue weighted by Gasteiger charge is -2.24. The number of carbonyl (C=O) groups excluding carboxylic acids is 1. The number of carbonyl (C=O) groups is 1. The van der Waals surface area contributed by atoms with Gasteiger partial charge < -0.3 is 9.42 Å². The number of amides is 1. The summed E-state index contributed by atoms with van der Waals surface area (Å²) in [6.45, 7) is 4.24. The molecule has 0 unspecified atom stereocenters. The predicted molar refractivity (Wildman–Crippen MR) is 89.1 cm³/mol. The van der Waals surface area contributed by atoms with Crippen molar-refractivity contribution in [2.24, 2.45) is 0 Å². The Labute approximate surface area is 138 Å². The largest absolute Gasteiger partial charge is 0.337 e. The van der Waals surface area contributed by atoms with Crippen LogP contribution in [0, 0.1) is 0 Å². The van der Waals surface area contributed by atoms with E-state index in [2.05, 4.69) is 10.1 Å². The highest BCUT2D eigenvalue weighted by molar-refractivity contribution is 7.12. The SMILES string of the molecule is CC(C)N(Cc1nc(-c2ccccc2)no1)C(=O)c1cccs1. The highest BCUT2D eigenvalue weighted by Gasteiger charge is 2.22. The van der Waals surface area contributed by atoms with Gasteiger partial charge in [0.25, 0.3) is 5.91 Å². The maximum Gasteiger partial charge on any atom is 0.264 e. The van der Waals surface area contributed by atoms with Crippen LogP contribution in [0.1, 0.15) is 29.4 Å². The normalized spacial score (nSPS) is 10.9. The number of hydrogen-bond acceptors (Lipinski definition) is 5. The van der Waals surface area contributed by atoms with Crippen LogP contribution >= 0.6 is 11.3 Å². The van der Waals surface area contributed by atoms with Crippen LogP contribution in [0.4, 0.5) is 0 Å².